The average Bonchev–Trinajstić information content (AvgIpc) is 3.17. The van der Waals surface area contributed by atoms with Gasteiger partial charge in [-0.2, -0.15) is 15.1 Å². The minimum absolute atomic E-state index is 0.0790. The molecule has 4 rings (SSSR count). The highest BCUT2D eigenvalue weighted by molar-refractivity contribution is 9.10. The van der Waals surface area contributed by atoms with Gasteiger partial charge in [-0.3, -0.25) is 9.32 Å². The Bertz CT molecular complexity index is 1240. The fourth-order valence-electron chi connectivity index (χ4n) is 3.62. The van der Waals surface area contributed by atoms with Crippen molar-refractivity contribution in [1.82, 2.24) is 24.6 Å². The quantitative estimate of drug-likeness (QED) is 0.218. The van der Waals surface area contributed by atoms with Crippen LogP contribution < -0.4 is 15.3 Å². The van der Waals surface area contributed by atoms with E-state index in [1.807, 2.05) is 4.57 Å². The van der Waals surface area contributed by atoms with Gasteiger partial charge in [-0.1, -0.05) is 27.5 Å². The van der Waals surface area contributed by atoms with Gasteiger partial charge in [0.15, 0.2) is 10.8 Å². The third kappa shape index (κ3) is 5.52. The first-order valence-corrected chi connectivity index (χ1v) is 13.1. The predicted molar refractivity (Wildman–Crippen MR) is 129 cm³/mol. The molecule has 0 spiro atoms. The number of fused-ring (bicyclic) bond motifs is 1. The number of esters is 1. The van der Waals surface area contributed by atoms with Crippen molar-refractivity contribution in [3.05, 3.63) is 40.2 Å². The molecule has 2 aromatic heterocycles. The Kier molecular flexibility index (Phi) is 7.44. The number of nitrogens with one attached hydrogen (secondary N) is 1. The molecule has 14 heteroatoms. The maximum Gasteiger partial charge on any atom is 0.459 e. The van der Waals surface area contributed by atoms with Crippen LogP contribution in [0, 0.1) is 5.92 Å². The van der Waals surface area contributed by atoms with Crippen LogP contribution in [-0.2, 0) is 18.6 Å². The Balaban J connectivity index is 1.41. The zero-order valence-electron chi connectivity index (χ0n) is 18.4. The minimum Gasteiger partial charge on any atom is -0.468 e. The number of carbonyl (C=O) groups excluding carboxylic acids is 1. The Morgan fingerprint density at radius 1 is 1.35 bits per heavy atom. The summed E-state index contributed by atoms with van der Waals surface area (Å²) in [4.78, 5) is 24.3. The van der Waals surface area contributed by atoms with E-state index in [4.69, 9.17) is 31.1 Å². The van der Waals surface area contributed by atoms with Crippen LogP contribution in [-0.4, -0.2) is 45.2 Å². The van der Waals surface area contributed by atoms with E-state index >= 15 is 0 Å². The Hall–Kier alpha value is -2.24. The molecule has 3 N–H and O–H groups in total. The molecule has 1 aromatic carbocycles. The summed E-state index contributed by atoms with van der Waals surface area (Å²) < 4.78 is 32.3. The molecule has 1 saturated carbocycles. The highest BCUT2D eigenvalue weighted by atomic mass is 79.9. The Labute approximate surface area is 209 Å². The van der Waals surface area contributed by atoms with Crippen LogP contribution >= 0.6 is 35.3 Å². The summed E-state index contributed by atoms with van der Waals surface area (Å²) in [6.45, 7) is 1.69. The number of nitrogens with zero attached hydrogens (tertiary/aromatic N) is 4. The molecule has 34 heavy (non-hydrogen) atoms. The Morgan fingerprint density at radius 3 is 2.74 bits per heavy atom. The largest absolute Gasteiger partial charge is 0.468 e. The molecule has 2 heterocycles. The number of nitrogens with two attached hydrogens (primary N) is 1. The lowest BCUT2D eigenvalue weighted by Crippen LogP contribution is -2.36. The first kappa shape index (κ1) is 24.9. The first-order valence-electron chi connectivity index (χ1n) is 10.4. The van der Waals surface area contributed by atoms with Crippen molar-refractivity contribution in [2.45, 2.75) is 31.8 Å². The van der Waals surface area contributed by atoms with Gasteiger partial charge in [-0.15, -0.1) is 0 Å². The molecular formula is C20H23BrClN6O5P. The predicted octanol–water partition coefficient (Wildman–Crippen LogP) is 4.13. The molecule has 182 valence electrons. The summed E-state index contributed by atoms with van der Waals surface area (Å²) in [6.07, 6.45) is 3.13. The highest BCUT2D eigenvalue weighted by Gasteiger charge is 2.37. The van der Waals surface area contributed by atoms with Crippen LogP contribution in [0.4, 0.5) is 5.95 Å². The maximum atomic E-state index is 13.5. The molecule has 11 nitrogen and oxygen atoms in total. The van der Waals surface area contributed by atoms with Crippen molar-refractivity contribution < 1.29 is 23.1 Å². The molecule has 1 unspecified atom stereocenters. The number of imidazole rings is 1. The Morgan fingerprint density at radius 2 is 2.06 bits per heavy atom. The van der Waals surface area contributed by atoms with E-state index in [0.717, 1.165) is 17.3 Å². The van der Waals surface area contributed by atoms with Gasteiger partial charge in [0.25, 0.3) is 0 Å². The molecule has 0 bridgehead atoms. The average molecular weight is 574 g/mol. The van der Waals surface area contributed by atoms with Gasteiger partial charge in [0.1, 0.15) is 17.3 Å². The smallest absolute Gasteiger partial charge is 0.459 e. The van der Waals surface area contributed by atoms with Crippen LogP contribution in [0.15, 0.2) is 35.1 Å². The van der Waals surface area contributed by atoms with Gasteiger partial charge in [0, 0.05) is 10.5 Å². The summed E-state index contributed by atoms with van der Waals surface area (Å²) in [6, 6.07) is 6.00. The van der Waals surface area contributed by atoms with Crippen LogP contribution in [0.5, 0.6) is 5.75 Å². The topological polar surface area (TPSA) is 143 Å². The molecule has 1 fully saturated rings. The molecule has 1 aliphatic carbocycles. The normalized spacial score (nSPS) is 20.4. The van der Waals surface area contributed by atoms with Gasteiger partial charge >= 0.3 is 13.7 Å². The van der Waals surface area contributed by atoms with E-state index in [1.165, 1.54) is 14.0 Å². The summed E-state index contributed by atoms with van der Waals surface area (Å²) in [7, 11) is -2.63. The molecule has 0 radical (unpaired) electrons. The van der Waals surface area contributed by atoms with Crippen LogP contribution in [0.25, 0.3) is 11.2 Å². The molecule has 0 aliphatic heterocycles. The number of benzene rings is 1. The zero-order chi connectivity index (χ0) is 24.5. The maximum absolute atomic E-state index is 13.5. The highest BCUT2D eigenvalue weighted by Crippen LogP contribution is 2.48. The monoisotopic (exact) mass is 572 g/mol. The van der Waals surface area contributed by atoms with Crippen LogP contribution in [0.3, 0.4) is 0 Å². The van der Waals surface area contributed by atoms with E-state index in [1.54, 1.807) is 30.6 Å². The van der Waals surface area contributed by atoms with E-state index < -0.39 is 19.8 Å². The van der Waals surface area contributed by atoms with Crippen molar-refractivity contribution in [3.63, 3.8) is 0 Å². The molecule has 2 atom stereocenters. The van der Waals surface area contributed by atoms with E-state index in [9.17, 15) is 9.36 Å². The van der Waals surface area contributed by atoms with Crippen molar-refractivity contribution in [3.8, 4) is 5.75 Å². The second-order valence-electron chi connectivity index (χ2n) is 7.90. The minimum atomic E-state index is -3.88. The van der Waals surface area contributed by atoms with Crippen LogP contribution in [0.1, 0.15) is 25.8 Å². The van der Waals surface area contributed by atoms with Crippen molar-refractivity contribution in [2.24, 2.45) is 5.92 Å². The summed E-state index contributed by atoms with van der Waals surface area (Å²) in [5, 5.41) is 2.86. The second kappa shape index (κ2) is 10.2. The number of hydrogen-bond donors (Lipinski definition) is 2. The molecule has 1 aliphatic rings. The van der Waals surface area contributed by atoms with Gasteiger partial charge in [0.05, 0.1) is 20.0 Å². The van der Waals surface area contributed by atoms with E-state index in [0.29, 0.717) is 16.9 Å². The van der Waals surface area contributed by atoms with E-state index in [2.05, 4.69) is 36.0 Å². The number of nitrogen functional groups attached to an aromatic ring is 1. The fourth-order valence-corrected chi connectivity index (χ4v) is 5.67. The van der Waals surface area contributed by atoms with Gasteiger partial charge in [-0.05, 0) is 49.9 Å². The molecule has 3 aromatic rings. The number of aromatic nitrogens is 4. The lowest BCUT2D eigenvalue weighted by molar-refractivity contribution is -0.142. The number of ether oxygens (including phenoxy) is 1. The van der Waals surface area contributed by atoms with Crippen LogP contribution in [0.2, 0.25) is 5.15 Å². The van der Waals surface area contributed by atoms with Crippen molar-refractivity contribution >= 4 is 58.4 Å². The molecule has 0 saturated heterocycles. The number of rotatable bonds is 9. The van der Waals surface area contributed by atoms with Crippen molar-refractivity contribution in [1.29, 1.82) is 0 Å². The SMILES string of the molecule is COC(=O)[C@H](C)NP(=O)(OC[C@H]1C[C@@H](n2cnc3c(Cl)nc(N)nc32)C1)Oc1ccc(Br)cc1. The van der Waals surface area contributed by atoms with Gasteiger partial charge in [-0.25, -0.2) is 9.55 Å². The first-order chi connectivity index (χ1) is 16.2. The third-order valence-corrected chi connectivity index (χ3v) is 7.86. The van der Waals surface area contributed by atoms with Gasteiger partial charge in [0.2, 0.25) is 5.95 Å². The zero-order valence-corrected chi connectivity index (χ0v) is 21.6. The summed E-state index contributed by atoms with van der Waals surface area (Å²) in [5.41, 5.74) is 6.78. The number of carbonyl (C=O) groups is 1. The van der Waals surface area contributed by atoms with Gasteiger partial charge < -0.3 is 19.6 Å². The second-order valence-corrected chi connectivity index (χ2v) is 10.9. The third-order valence-electron chi connectivity index (χ3n) is 5.43. The fraction of sp³-hybridized carbons (Fsp3) is 0.400. The summed E-state index contributed by atoms with van der Waals surface area (Å²) in [5.74, 6) is -0.0649. The standard InChI is InChI=1S/C20H23BrClN6O5P/c1-11(19(29)31-2)27-34(30,33-15-5-3-13(21)4-6-15)32-9-12-7-14(8-12)28-10-24-16-17(22)25-20(23)26-18(16)28/h3-6,10-12,14H,7-9H2,1-2H3,(H,27,30)(H2,23,25,26)/t11-,12-,14+,34?/m0/s1. The molecular weight excluding hydrogens is 551 g/mol. The number of halogens is 2. The molecule has 0 amide bonds. The van der Waals surface area contributed by atoms with Crippen molar-refractivity contribution in [2.75, 3.05) is 19.5 Å². The summed E-state index contributed by atoms with van der Waals surface area (Å²) >= 11 is 9.45. The van der Waals surface area contributed by atoms with E-state index in [-0.39, 0.29) is 29.7 Å². The number of hydrogen-bond acceptors (Lipinski definition) is 9. The lowest BCUT2D eigenvalue weighted by Gasteiger charge is -2.36. The number of methoxy groups -OCH3 is 1. The lowest BCUT2D eigenvalue weighted by atomic mass is 9.81. The number of anilines is 1.